The van der Waals surface area contributed by atoms with E-state index in [1.165, 1.54) is 9.13 Å². The summed E-state index contributed by atoms with van der Waals surface area (Å²) in [5.74, 6) is -0.137. The van der Waals surface area contributed by atoms with Crippen LogP contribution in [-0.4, -0.2) is 14.2 Å². The predicted molar refractivity (Wildman–Crippen MR) is 97.2 cm³/mol. The molecule has 0 atom stereocenters. The van der Waals surface area contributed by atoms with E-state index < -0.39 is 0 Å². The standard InChI is InChI=1S/C17H16ClN3O2S/c1-3-20-15(22)13(16(23)21(4-2)17(20)24)9-12-8-10-7-11(18)5-6-14(10)19-12/h5-9,22H,3-4H2,1-2H3/b12-9-. The Morgan fingerprint density at radius 1 is 1.29 bits per heavy atom. The van der Waals surface area contributed by atoms with Gasteiger partial charge >= 0.3 is 0 Å². The minimum atomic E-state index is -0.324. The van der Waals surface area contributed by atoms with Gasteiger partial charge in [-0.05, 0) is 56.4 Å². The van der Waals surface area contributed by atoms with Crippen LogP contribution in [0.3, 0.4) is 0 Å². The molecule has 3 rings (SSSR count). The average Bonchev–Trinajstić information content (AvgIpc) is 2.94. The molecule has 7 heteroatoms. The molecule has 0 bridgehead atoms. The summed E-state index contributed by atoms with van der Waals surface area (Å²) in [5.41, 5.74) is 0.443. The van der Waals surface area contributed by atoms with E-state index in [1.807, 2.05) is 32.1 Å². The number of benzene rings is 1. The van der Waals surface area contributed by atoms with E-state index in [9.17, 15) is 9.90 Å². The predicted octanol–water partition coefficient (Wildman–Crippen LogP) is 2.23. The van der Waals surface area contributed by atoms with Crippen LogP contribution < -0.4 is 16.1 Å². The molecule has 0 fully saturated rings. The van der Waals surface area contributed by atoms with Crippen LogP contribution in [0.4, 0.5) is 0 Å². The van der Waals surface area contributed by atoms with Crippen molar-refractivity contribution in [3.63, 3.8) is 0 Å². The monoisotopic (exact) mass is 361 g/mol. The minimum Gasteiger partial charge on any atom is -0.494 e. The van der Waals surface area contributed by atoms with Crippen molar-refractivity contribution in [1.82, 2.24) is 9.13 Å². The highest BCUT2D eigenvalue weighted by Gasteiger charge is 2.15. The number of halogens is 1. The van der Waals surface area contributed by atoms with Crippen LogP contribution in [-0.2, 0) is 13.1 Å². The normalized spacial score (nSPS) is 14.4. The Labute approximate surface area is 148 Å². The van der Waals surface area contributed by atoms with E-state index in [0.29, 0.717) is 28.6 Å². The third-order valence-electron chi connectivity index (χ3n) is 3.90. The maximum atomic E-state index is 12.6. The van der Waals surface area contributed by atoms with Gasteiger partial charge in [-0.25, -0.2) is 4.99 Å². The van der Waals surface area contributed by atoms with E-state index in [-0.39, 0.29) is 17.0 Å². The van der Waals surface area contributed by atoms with Crippen molar-refractivity contribution < 1.29 is 5.11 Å². The Balaban J connectivity index is 2.25. The van der Waals surface area contributed by atoms with E-state index in [2.05, 4.69) is 4.99 Å². The Bertz CT molecular complexity index is 1100. The molecular weight excluding hydrogens is 346 g/mol. The molecular formula is C17H16ClN3O2S. The molecule has 1 aliphatic rings. The minimum absolute atomic E-state index is 0.137. The lowest BCUT2D eigenvalue weighted by molar-refractivity contribution is 0.399. The van der Waals surface area contributed by atoms with Gasteiger partial charge in [-0.2, -0.15) is 0 Å². The van der Waals surface area contributed by atoms with Crippen LogP contribution in [0, 0.1) is 4.77 Å². The van der Waals surface area contributed by atoms with E-state index >= 15 is 0 Å². The quantitative estimate of drug-likeness (QED) is 0.853. The van der Waals surface area contributed by atoms with Crippen molar-refractivity contribution in [3.8, 4) is 5.88 Å². The molecule has 0 unspecified atom stereocenters. The number of nitrogens with zero attached hydrogens (tertiary/aromatic N) is 3. The first-order valence-electron chi connectivity index (χ1n) is 7.60. The second kappa shape index (κ2) is 6.37. The lowest BCUT2D eigenvalue weighted by atomic mass is 10.2. The Kier molecular flexibility index (Phi) is 4.43. The number of aromatic hydroxyl groups is 1. The van der Waals surface area contributed by atoms with Crippen LogP contribution in [0.5, 0.6) is 5.88 Å². The van der Waals surface area contributed by atoms with E-state index in [4.69, 9.17) is 23.8 Å². The summed E-state index contributed by atoms with van der Waals surface area (Å²) in [6, 6.07) is 5.39. The Morgan fingerprint density at radius 3 is 2.67 bits per heavy atom. The lowest BCUT2D eigenvalue weighted by Crippen LogP contribution is -2.26. The molecule has 0 spiro atoms. The van der Waals surface area contributed by atoms with Gasteiger partial charge in [-0.1, -0.05) is 11.6 Å². The molecule has 0 saturated carbocycles. The molecule has 1 aliphatic heterocycles. The highest BCUT2D eigenvalue weighted by atomic mass is 35.5. The van der Waals surface area contributed by atoms with Crippen molar-refractivity contribution in [2.75, 3.05) is 0 Å². The van der Waals surface area contributed by atoms with Gasteiger partial charge in [0, 0.05) is 23.3 Å². The Hall–Kier alpha value is -2.18. The highest BCUT2D eigenvalue weighted by molar-refractivity contribution is 7.71. The van der Waals surface area contributed by atoms with Crippen molar-refractivity contribution in [1.29, 1.82) is 0 Å². The van der Waals surface area contributed by atoms with Gasteiger partial charge in [-0.3, -0.25) is 13.9 Å². The van der Waals surface area contributed by atoms with Gasteiger partial charge in [0.15, 0.2) is 4.77 Å². The van der Waals surface area contributed by atoms with Crippen molar-refractivity contribution >= 4 is 36.0 Å². The topological polar surface area (TPSA) is 59.5 Å². The molecule has 1 aromatic carbocycles. The van der Waals surface area contributed by atoms with Crippen LogP contribution in [0.15, 0.2) is 33.7 Å². The molecule has 124 valence electrons. The van der Waals surface area contributed by atoms with Gasteiger partial charge in [0.2, 0.25) is 5.88 Å². The molecule has 5 nitrogen and oxygen atoms in total. The summed E-state index contributed by atoms with van der Waals surface area (Å²) in [6.45, 7) is 4.61. The summed E-state index contributed by atoms with van der Waals surface area (Å²) < 4.78 is 3.31. The molecule has 0 aliphatic carbocycles. The van der Waals surface area contributed by atoms with Gasteiger partial charge in [0.05, 0.1) is 11.1 Å². The maximum Gasteiger partial charge on any atom is 0.265 e. The zero-order chi connectivity index (χ0) is 17.4. The summed E-state index contributed by atoms with van der Waals surface area (Å²) in [7, 11) is 0. The van der Waals surface area contributed by atoms with Gasteiger partial charge < -0.3 is 5.11 Å². The SMILES string of the molecule is CCn1c(O)c(/C=C2/C=c3cc(Cl)ccc3=N2)c(=O)n(CC)c1=S. The second-order valence-electron chi connectivity index (χ2n) is 5.34. The Morgan fingerprint density at radius 2 is 2.00 bits per heavy atom. The zero-order valence-corrected chi connectivity index (χ0v) is 14.9. The van der Waals surface area contributed by atoms with Crippen LogP contribution in [0.2, 0.25) is 5.02 Å². The summed E-state index contributed by atoms with van der Waals surface area (Å²) in [4.78, 5) is 17.1. The van der Waals surface area contributed by atoms with Crippen molar-refractivity contribution in [2.24, 2.45) is 4.99 Å². The number of rotatable bonds is 3. The fraction of sp³-hybridized carbons (Fsp3) is 0.235. The molecule has 0 saturated heterocycles. The summed E-state index contributed by atoms with van der Waals surface area (Å²) >= 11 is 11.3. The van der Waals surface area contributed by atoms with Gasteiger partial charge in [0.25, 0.3) is 5.56 Å². The summed E-state index contributed by atoms with van der Waals surface area (Å²) in [6.07, 6.45) is 3.41. The summed E-state index contributed by atoms with van der Waals surface area (Å²) in [5, 5.41) is 12.7. The molecule has 24 heavy (non-hydrogen) atoms. The first-order chi connectivity index (χ1) is 11.5. The molecule has 2 aromatic rings. The van der Waals surface area contributed by atoms with Gasteiger partial charge in [-0.15, -0.1) is 0 Å². The molecule has 1 N–H and O–H groups in total. The zero-order valence-electron chi connectivity index (χ0n) is 13.3. The molecule has 2 heterocycles. The molecule has 0 radical (unpaired) electrons. The third kappa shape index (κ3) is 2.72. The lowest BCUT2D eigenvalue weighted by Gasteiger charge is -2.13. The fourth-order valence-electron chi connectivity index (χ4n) is 2.70. The van der Waals surface area contributed by atoms with Crippen LogP contribution >= 0.6 is 23.8 Å². The number of aromatic nitrogens is 2. The molecule has 0 amide bonds. The number of fused-ring (bicyclic) bond motifs is 1. The maximum absolute atomic E-state index is 12.6. The van der Waals surface area contributed by atoms with Gasteiger partial charge in [0.1, 0.15) is 5.56 Å². The number of allylic oxidation sites excluding steroid dienone is 1. The number of hydrogen-bond donors (Lipinski definition) is 1. The second-order valence-corrected chi connectivity index (χ2v) is 6.14. The van der Waals surface area contributed by atoms with E-state index in [1.54, 1.807) is 12.1 Å². The first-order valence-corrected chi connectivity index (χ1v) is 8.39. The van der Waals surface area contributed by atoms with Crippen molar-refractivity contribution in [3.05, 3.63) is 60.2 Å². The van der Waals surface area contributed by atoms with Crippen molar-refractivity contribution in [2.45, 2.75) is 26.9 Å². The average molecular weight is 362 g/mol. The van der Waals surface area contributed by atoms with E-state index in [0.717, 1.165) is 10.6 Å². The highest BCUT2D eigenvalue weighted by Crippen LogP contribution is 2.19. The fourth-order valence-corrected chi connectivity index (χ4v) is 3.30. The molecule has 1 aromatic heterocycles. The van der Waals surface area contributed by atoms with Crippen LogP contribution in [0.1, 0.15) is 19.4 Å². The number of hydrogen-bond acceptors (Lipinski definition) is 4. The van der Waals surface area contributed by atoms with Crippen LogP contribution in [0.25, 0.3) is 12.2 Å². The largest absolute Gasteiger partial charge is 0.494 e. The third-order valence-corrected chi connectivity index (χ3v) is 4.58. The first kappa shape index (κ1) is 16.7. The smallest absolute Gasteiger partial charge is 0.265 e.